The molecule has 2 N–H and O–H groups in total. The van der Waals surface area contributed by atoms with E-state index in [0.29, 0.717) is 6.54 Å². The van der Waals surface area contributed by atoms with Gasteiger partial charge in [-0.3, -0.25) is 4.79 Å². The highest BCUT2D eigenvalue weighted by Crippen LogP contribution is 2.37. The summed E-state index contributed by atoms with van der Waals surface area (Å²) >= 11 is 3.20. The Morgan fingerprint density at radius 2 is 2.16 bits per heavy atom. The molecule has 5 heteroatoms. The maximum absolute atomic E-state index is 12.1. The summed E-state index contributed by atoms with van der Waals surface area (Å²) < 4.78 is 2.35. The molecular weight excluding hydrogens is 278 g/mol. The van der Waals surface area contributed by atoms with Crippen molar-refractivity contribution in [2.24, 2.45) is 5.41 Å². The molecule has 3 rings (SSSR count). The highest BCUT2D eigenvalue weighted by molar-refractivity contribution is 7.27. The molecule has 1 aliphatic rings. The first-order chi connectivity index (χ1) is 9.22. The predicted octanol–water partition coefficient (Wildman–Crippen LogP) is 3.25. The Balaban J connectivity index is 1.66. The largest absolute Gasteiger partial charge is 0.396 e. The van der Waals surface area contributed by atoms with Crippen LogP contribution in [0.25, 0.3) is 9.40 Å². The molecule has 0 bridgehead atoms. The number of rotatable bonds is 4. The summed E-state index contributed by atoms with van der Waals surface area (Å²) in [4.78, 5) is 12.9. The third-order valence-corrected chi connectivity index (χ3v) is 6.08. The highest BCUT2D eigenvalue weighted by atomic mass is 32.1. The van der Waals surface area contributed by atoms with Gasteiger partial charge in [-0.2, -0.15) is 0 Å². The maximum Gasteiger partial charge on any atom is 0.261 e. The smallest absolute Gasteiger partial charge is 0.261 e. The molecule has 0 radical (unpaired) electrons. The van der Waals surface area contributed by atoms with Gasteiger partial charge in [-0.15, -0.1) is 22.7 Å². The summed E-state index contributed by atoms with van der Waals surface area (Å²) in [5.74, 6) is -0.00637. The number of thiophene rings is 2. The number of hydrogen-bond acceptors (Lipinski definition) is 4. The zero-order valence-corrected chi connectivity index (χ0v) is 12.3. The van der Waals surface area contributed by atoms with Crippen molar-refractivity contribution >= 4 is 38.0 Å². The van der Waals surface area contributed by atoms with Crippen molar-refractivity contribution in [2.75, 3.05) is 13.2 Å². The van der Waals surface area contributed by atoms with Crippen LogP contribution in [-0.2, 0) is 0 Å². The normalized spacial score (nSPS) is 17.9. The predicted molar refractivity (Wildman–Crippen MR) is 80.0 cm³/mol. The number of amides is 1. The fourth-order valence-electron chi connectivity index (χ4n) is 2.75. The van der Waals surface area contributed by atoms with Gasteiger partial charge in [0.2, 0.25) is 0 Å². The molecule has 3 nitrogen and oxygen atoms in total. The first kappa shape index (κ1) is 13.1. The summed E-state index contributed by atoms with van der Waals surface area (Å²) in [6.45, 7) is 0.765. The molecule has 0 saturated heterocycles. The van der Waals surface area contributed by atoms with Crippen LogP contribution in [0.3, 0.4) is 0 Å². The van der Waals surface area contributed by atoms with Gasteiger partial charge in [-0.05, 0) is 30.4 Å². The zero-order valence-electron chi connectivity index (χ0n) is 10.6. The molecular formula is C14H17NO2S2. The topological polar surface area (TPSA) is 49.3 Å². The van der Waals surface area contributed by atoms with Crippen LogP contribution in [0, 0.1) is 5.41 Å². The van der Waals surface area contributed by atoms with Crippen molar-refractivity contribution < 1.29 is 9.90 Å². The number of hydrogen-bond donors (Lipinski definition) is 2. The summed E-state index contributed by atoms with van der Waals surface area (Å²) in [7, 11) is 0. The lowest BCUT2D eigenvalue weighted by Gasteiger charge is -2.26. The standard InChI is InChI=1S/C14H17NO2S2/c16-9-14(4-1-2-5-14)8-15-13(17)12-7-11-10(19-12)3-6-18-11/h3,6-7,16H,1-2,4-5,8-9H2,(H,15,17). The summed E-state index contributed by atoms with van der Waals surface area (Å²) in [6, 6.07) is 4.01. The molecule has 0 aromatic carbocycles. The second-order valence-corrected chi connectivity index (χ2v) is 7.34. The Morgan fingerprint density at radius 1 is 1.37 bits per heavy atom. The third-order valence-electron chi connectivity index (χ3n) is 3.99. The summed E-state index contributed by atoms with van der Waals surface area (Å²) in [5, 5.41) is 14.6. The van der Waals surface area contributed by atoms with Crippen LogP contribution in [-0.4, -0.2) is 24.2 Å². The fourth-order valence-corrected chi connectivity index (χ4v) is 4.77. The van der Waals surface area contributed by atoms with Crippen LogP contribution >= 0.6 is 22.7 Å². The molecule has 0 spiro atoms. The molecule has 2 aromatic heterocycles. The molecule has 2 aromatic rings. The third kappa shape index (κ3) is 2.55. The van der Waals surface area contributed by atoms with Gasteiger partial charge in [0.05, 0.1) is 11.5 Å². The number of aliphatic hydroxyl groups is 1. The second-order valence-electron chi connectivity index (χ2n) is 5.31. The van der Waals surface area contributed by atoms with E-state index >= 15 is 0 Å². The minimum Gasteiger partial charge on any atom is -0.396 e. The minimum absolute atomic E-state index is 0.00637. The monoisotopic (exact) mass is 295 g/mol. The number of carbonyl (C=O) groups is 1. The van der Waals surface area contributed by atoms with Crippen molar-refractivity contribution in [3.05, 3.63) is 22.4 Å². The van der Waals surface area contributed by atoms with E-state index < -0.39 is 0 Å². The Bertz CT molecular complexity index is 553. The molecule has 0 atom stereocenters. The molecule has 1 fully saturated rings. The van der Waals surface area contributed by atoms with Crippen LogP contribution in [0.5, 0.6) is 0 Å². The fraction of sp³-hybridized carbons (Fsp3) is 0.500. The van der Waals surface area contributed by atoms with Gasteiger partial charge in [0.1, 0.15) is 0 Å². The molecule has 0 aliphatic heterocycles. The molecule has 0 unspecified atom stereocenters. The van der Waals surface area contributed by atoms with E-state index in [1.807, 2.05) is 17.5 Å². The number of fused-ring (bicyclic) bond motifs is 1. The van der Waals surface area contributed by atoms with Crippen LogP contribution in [0.4, 0.5) is 0 Å². The van der Waals surface area contributed by atoms with Crippen LogP contribution in [0.15, 0.2) is 17.5 Å². The Labute approximate surface area is 120 Å². The Hall–Kier alpha value is -0.910. The van der Waals surface area contributed by atoms with Crippen molar-refractivity contribution in [1.29, 1.82) is 0 Å². The van der Waals surface area contributed by atoms with Gasteiger partial charge in [0.15, 0.2) is 0 Å². The lowest BCUT2D eigenvalue weighted by atomic mass is 9.87. The van der Waals surface area contributed by atoms with E-state index in [1.165, 1.54) is 20.7 Å². The van der Waals surface area contributed by atoms with Crippen molar-refractivity contribution in [3.8, 4) is 0 Å². The van der Waals surface area contributed by atoms with E-state index in [2.05, 4.69) is 5.32 Å². The quantitative estimate of drug-likeness (QED) is 0.909. The maximum atomic E-state index is 12.1. The highest BCUT2D eigenvalue weighted by Gasteiger charge is 2.33. The lowest BCUT2D eigenvalue weighted by Crippen LogP contribution is -2.38. The van der Waals surface area contributed by atoms with Crippen LogP contribution < -0.4 is 5.32 Å². The van der Waals surface area contributed by atoms with Crippen molar-refractivity contribution in [1.82, 2.24) is 5.32 Å². The zero-order chi connectivity index (χ0) is 13.3. The first-order valence-corrected chi connectivity index (χ1v) is 8.28. The van der Waals surface area contributed by atoms with E-state index in [0.717, 1.165) is 30.6 Å². The molecule has 102 valence electrons. The van der Waals surface area contributed by atoms with Gasteiger partial charge >= 0.3 is 0 Å². The molecule has 1 aliphatic carbocycles. The number of nitrogens with one attached hydrogen (secondary N) is 1. The molecule has 1 amide bonds. The average Bonchev–Trinajstić information content (AvgIpc) is 3.11. The number of aliphatic hydroxyl groups excluding tert-OH is 1. The summed E-state index contributed by atoms with van der Waals surface area (Å²) in [5.41, 5.74) is -0.0791. The lowest BCUT2D eigenvalue weighted by molar-refractivity contribution is 0.0884. The second kappa shape index (κ2) is 5.23. The minimum atomic E-state index is -0.0791. The van der Waals surface area contributed by atoms with Gasteiger partial charge in [0.25, 0.3) is 5.91 Å². The number of carbonyl (C=O) groups excluding carboxylic acids is 1. The molecule has 2 heterocycles. The van der Waals surface area contributed by atoms with Crippen molar-refractivity contribution in [3.63, 3.8) is 0 Å². The van der Waals surface area contributed by atoms with E-state index in [-0.39, 0.29) is 17.9 Å². The SMILES string of the molecule is O=C(NCC1(CO)CCCC1)c1cc2sccc2s1. The Kier molecular flexibility index (Phi) is 3.60. The van der Waals surface area contributed by atoms with Crippen LogP contribution in [0.1, 0.15) is 35.4 Å². The van der Waals surface area contributed by atoms with E-state index in [1.54, 1.807) is 11.3 Å². The van der Waals surface area contributed by atoms with Crippen LogP contribution in [0.2, 0.25) is 0 Å². The van der Waals surface area contributed by atoms with Crippen molar-refractivity contribution in [2.45, 2.75) is 25.7 Å². The first-order valence-electron chi connectivity index (χ1n) is 6.59. The Morgan fingerprint density at radius 3 is 2.84 bits per heavy atom. The molecule has 19 heavy (non-hydrogen) atoms. The van der Waals surface area contributed by atoms with E-state index in [9.17, 15) is 9.90 Å². The summed E-state index contributed by atoms with van der Waals surface area (Å²) in [6.07, 6.45) is 4.35. The van der Waals surface area contributed by atoms with Gasteiger partial charge in [-0.1, -0.05) is 12.8 Å². The average molecular weight is 295 g/mol. The van der Waals surface area contributed by atoms with Gasteiger partial charge in [-0.25, -0.2) is 0 Å². The molecule has 1 saturated carbocycles. The van der Waals surface area contributed by atoms with Gasteiger partial charge in [0, 0.05) is 21.4 Å². The van der Waals surface area contributed by atoms with Gasteiger partial charge < -0.3 is 10.4 Å². The van der Waals surface area contributed by atoms with E-state index in [4.69, 9.17) is 0 Å².